The van der Waals surface area contributed by atoms with Gasteiger partial charge in [0.25, 0.3) is 11.8 Å². The molecule has 2 aliphatic heterocycles. The van der Waals surface area contributed by atoms with Crippen molar-refractivity contribution in [3.63, 3.8) is 0 Å². The zero-order valence-corrected chi connectivity index (χ0v) is 18.3. The third-order valence-corrected chi connectivity index (χ3v) is 6.37. The lowest BCUT2D eigenvalue weighted by atomic mass is 10.0. The number of imide groups is 1. The van der Waals surface area contributed by atoms with Crippen LogP contribution < -0.4 is 10.6 Å². The SMILES string of the molecule is C=C1CCC(N2C(=O)c3cccc(NCc4cnn(CCS(C)(=O)=O)c4)c3C2=O)C(=O)N1. The summed E-state index contributed by atoms with van der Waals surface area (Å²) in [6.45, 7) is 4.30. The van der Waals surface area contributed by atoms with Gasteiger partial charge in [-0.2, -0.15) is 5.10 Å². The molecule has 10 nitrogen and oxygen atoms in total. The van der Waals surface area contributed by atoms with Gasteiger partial charge in [-0.05, 0) is 25.0 Å². The fraction of sp³-hybridized carbons (Fsp3) is 0.333. The summed E-state index contributed by atoms with van der Waals surface area (Å²) in [4.78, 5) is 39.5. The van der Waals surface area contributed by atoms with Crippen LogP contribution in [0.3, 0.4) is 0 Å². The Kier molecular flexibility index (Phi) is 5.59. The lowest BCUT2D eigenvalue weighted by Crippen LogP contribution is -2.51. The Hall–Kier alpha value is -3.47. The van der Waals surface area contributed by atoms with Gasteiger partial charge in [0.05, 0.1) is 29.6 Å². The van der Waals surface area contributed by atoms with Crippen LogP contribution in [0.4, 0.5) is 5.69 Å². The first-order valence-corrected chi connectivity index (χ1v) is 12.1. The Bertz CT molecular complexity index is 1230. The molecule has 4 rings (SSSR count). The maximum Gasteiger partial charge on any atom is 0.264 e. The zero-order chi connectivity index (χ0) is 23.0. The average Bonchev–Trinajstić information content (AvgIpc) is 3.28. The van der Waals surface area contributed by atoms with Gasteiger partial charge in [-0.1, -0.05) is 12.6 Å². The Morgan fingerprint density at radius 2 is 2.03 bits per heavy atom. The number of fused-ring (bicyclic) bond motifs is 1. The van der Waals surface area contributed by atoms with Gasteiger partial charge in [0.2, 0.25) is 5.91 Å². The molecule has 0 aliphatic carbocycles. The number of amides is 3. The van der Waals surface area contributed by atoms with E-state index in [1.807, 2.05) is 0 Å². The summed E-state index contributed by atoms with van der Waals surface area (Å²) in [6, 6.07) is 4.08. The normalized spacial score (nSPS) is 18.7. The van der Waals surface area contributed by atoms with Gasteiger partial charge < -0.3 is 10.6 Å². The molecule has 0 bridgehead atoms. The van der Waals surface area contributed by atoms with Crippen molar-refractivity contribution in [1.82, 2.24) is 20.0 Å². The molecule has 1 aromatic carbocycles. The van der Waals surface area contributed by atoms with Gasteiger partial charge in [-0.3, -0.25) is 24.0 Å². The van der Waals surface area contributed by atoms with Gasteiger partial charge in [0.15, 0.2) is 0 Å². The molecular weight excluding hydrogens is 434 g/mol. The highest BCUT2D eigenvalue weighted by Crippen LogP contribution is 2.33. The molecule has 0 radical (unpaired) electrons. The topological polar surface area (TPSA) is 130 Å². The van der Waals surface area contributed by atoms with Crippen molar-refractivity contribution in [2.45, 2.75) is 32.0 Å². The predicted molar refractivity (Wildman–Crippen MR) is 117 cm³/mol. The first-order chi connectivity index (χ1) is 15.1. The van der Waals surface area contributed by atoms with E-state index >= 15 is 0 Å². The van der Waals surface area contributed by atoms with Gasteiger partial charge >= 0.3 is 0 Å². The number of anilines is 1. The molecule has 0 saturated carbocycles. The molecule has 3 amide bonds. The number of hydrogen-bond acceptors (Lipinski definition) is 7. The van der Waals surface area contributed by atoms with Crippen LogP contribution in [0.15, 0.2) is 42.9 Å². The Labute approximate surface area is 185 Å². The minimum atomic E-state index is -3.09. The predicted octanol–water partition coefficient (Wildman–Crippen LogP) is 0.928. The molecular formula is C21H23N5O5S. The van der Waals surface area contributed by atoms with E-state index in [1.165, 1.54) is 6.26 Å². The molecule has 11 heteroatoms. The van der Waals surface area contributed by atoms with Crippen molar-refractivity contribution in [3.05, 3.63) is 59.6 Å². The highest BCUT2D eigenvalue weighted by atomic mass is 32.2. The second-order valence-corrected chi connectivity index (χ2v) is 10.2. The number of rotatable bonds is 7. The van der Waals surface area contributed by atoms with E-state index in [-0.39, 0.29) is 23.4 Å². The number of benzene rings is 1. The maximum atomic E-state index is 13.1. The van der Waals surface area contributed by atoms with E-state index in [1.54, 1.807) is 35.3 Å². The third-order valence-electron chi connectivity index (χ3n) is 5.44. The van der Waals surface area contributed by atoms with Crippen LogP contribution in [0.2, 0.25) is 0 Å². The molecule has 1 unspecified atom stereocenters. The number of nitrogens with one attached hydrogen (secondary N) is 2. The molecule has 168 valence electrons. The molecule has 1 fully saturated rings. The minimum absolute atomic E-state index is 0.0116. The lowest BCUT2D eigenvalue weighted by molar-refractivity contribution is -0.125. The summed E-state index contributed by atoms with van der Waals surface area (Å²) >= 11 is 0. The van der Waals surface area contributed by atoms with Crippen LogP contribution in [0, 0.1) is 0 Å². The van der Waals surface area contributed by atoms with Crippen LogP contribution in [-0.4, -0.2) is 58.9 Å². The van der Waals surface area contributed by atoms with Crippen molar-refractivity contribution in [2.75, 3.05) is 17.3 Å². The van der Waals surface area contributed by atoms with Crippen molar-refractivity contribution in [1.29, 1.82) is 0 Å². The van der Waals surface area contributed by atoms with Crippen molar-refractivity contribution in [3.8, 4) is 0 Å². The number of hydrogen-bond donors (Lipinski definition) is 2. The van der Waals surface area contributed by atoms with Gasteiger partial charge in [-0.25, -0.2) is 8.42 Å². The molecule has 1 aromatic heterocycles. The zero-order valence-electron chi connectivity index (χ0n) is 17.5. The number of carbonyl (C=O) groups excluding carboxylic acids is 3. The summed E-state index contributed by atoms with van der Waals surface area (Å²) in [7, 11) is -3.09. The molecule has 2 aromatic rings. The Morgan fingerprint density at radius 1 is 1.25 bits per heavy atom. The number of allylic oxidation sites excluding steroid dienone is 1. The minimum Gasteiger partial charge on any atom is -0.380 e. The van der Waals surface area contributed by atoms with Crippen LogP contribution >= 0.6 is 0 Å². The average molecular weight is 458 g/mol. The van der Waals surface area contributed by atoms with E-state index in [2.05, 4.69) is 22.3 Å². The molecule has 1 saturated heterocycles. The van der Waals surface area contributed by atoms with Crippen LogP contribution in [0.1, 0.15) is 39.1 Å². The second-order valence-electron chi connectivity index (χ2n) is 7.95. The first kappa shape index (κ1) is 21.8. The number of sulfone groups is 1. The van der Waals surface area contributed by atoms with E-state index in [4.69, 9.17) is 0 Å². The monoisotopic (exact) mass is 457 g/mol. The third kappa shape index (κ3) is 4.28. The highest BCUT2D eigenvalue weighted by molar-refractivity contribution is 7.90. The van der Waals surface area contributed by atoms with E-state index in [9.17, 15) is 22.8 Å². The molecule has 3 heterocycles. The molecule has 2 aliphatic rings. The Balaban J connectivity index is 1.50. The van der Waals surface area contributed by atoms with Crippen LogP contribution in [0.5, 0.6) is 0 Å². The second kappa shape index (κ2) is 8.23. The fourth-order valence-corrected chi connectivity index (χ4v) is 4.34. The molecule has 2 N–H and O–H groups in total. The summed E-state index contributed by atoms with van der Waals surface area (Å²) in [6.07, 6.45) is 5.34. The number of piperidine rings is 1. The summed E-state index contributed by atoms with van der Waals surface area (Å²) < 4.78 is 24.2. The highest BCUT2D eigenvalue weighted by Gasteiger charge is 2.44. The van der Waals surface area contributed by atoms with Gasteiger partial charge in [-0.15, -0.1) is 0 Å². The molecule has 32 heavy (non-hydrogen) atoms. The standard InChI is InChI=1S/C21H23N5O5S/c1-13-6-7-17(19(27)24-13)26-20(28)15-4-3-5-16(18(15)21(26)29)22-10-14-11-23-25(12-14)8-9-32(2,30)31/h3-5,11-12,17,22H,1,6-10H2,2H3,(H,24,27). The number of aryl methyl sites for hydroxylation is 1. The van der Waals surface area contributed by atoms with Gasteiger partial charge in [0.1, 0.15) is 15.9 Å². The van der Waals surface area contributed by atoms with E-state index in [0.717, 1.165) is 10.5 Å². The maximum absolute atomic E-state index is 13.1. The van der Waals surface area contributed by atoms with Crippen molar-refractivity contribution < 1.29 is 22.8 Å². The van der Waals surface area contributed by atoms with E-state index in [0.29, 0.717) is 30.8 Å². The van der Waals surface area contributed by atoms with Crippen LogP contribution in [0.25, 0.3) is 0 Å². The van der Waals surface area contributed by atoms with Crippen molar-refractivity contribution in [2.24, 2.45) is 0 Å². The quantitative estimate of drug-likeness (QED) is 0.592. The molecule has 0 spiro atoms. The van der Waals surface area contributed by atoms with E-state index < -0.39 is 33.6 Å². The number of carbonyl (C=O) groups is 3. The number of nitrogens with zero attached hydrogens (tertiary/aromatic N) is 3. The van der Waals surface area contributed by atoms with Gasteiger partial charge in [0, 0.05) is 35.9 Å². The van der Waals surface area contributed by atoms with Crippen LogP contribution in [-0.2, 0) is 27.7 Å². The lowest BCUT2D eigenvalue weighted by Gasteiger charge is -2.29. The summed E-state index contributed by atoms with van der Waals surface area (Å²) in [5.74, 6) is -1.42. The van der Waals surface area contributed by atoms with Crippen molar-refractivity contribution >= 4 is 33.2 Å². The summed E-state index contributed by atoms with van der Waals surface area (Å²) in [5.41, 5.74) is 2.32. The summed E-state index contributed by atoms with van der Waals surface area (Å²) in [5, 5.41) is 9.92. The fourth-order valence-electron chi connectivity index (χ4n) is 3.82. The first-order valence-electron chi connectivity index (χ1n) is 10.1. The Morgan fingerprint density at radius 3 is 2.75 bits per heavy atom. The largest absolute Gasteiger partial charge is 0.380 e. The molecule has 1 atom stereocenters. The smallest absolute Gasteiger partial charge is 0.264 e. The number of aromatic nitrogens is 2.